The Kier molecular flexibility index (Phi) is 4.73. The molecule has 0 aliphatic carbocycles. The minimum absolute atomic E-state index is 0.282. The number of rotatable bonds is 4. The van der Waals surface area contributed by atoms with Crippen LogP contribution in [0, 0.1) is 0 Å². The molecule has 2 N–H and O–H groups in total. The van der Waals surface area contributed by atoms with E-state index in [1.165, 1.54) is 5.56 Å². The van der Waals surface area contributed by atoms with E-state index in [9.17, 15) is 0 Å². The Hall–Kier alpha value is -0.240. The smallest absolute Gasteiger partial charge is 0.0595 e. The molecule has 0 saturated carbocycles. The molecule has 0 amide bonds. The third-order valence-electron chi connectivity index (χ3n) is 2.31. The van der Waals surface area contributed by atoms with Crippen LogP contribution < -0.4 is 5.73 Å². The molecule has 1 atom stereocenters. The summed E-state index contributed by atoms with van der Waals surface area (Å²) in [5, 5.41) is 1.23. The molecule has 1 aromatic rings. The molecule has 0 aliphatic heterocycles. The number of hydrogen-bond donors (Lipinski definition) is 1. The molecule has 0 bridgehead atoms. The molecule has 0 aliphatic rings. The van der Waals surface area contributed by atoms with Gasteiger partial charge in [0.2, 0.25) is 0 Å². The Balaban J connectivity index is 2.55. The topological polar surface area (TPSA) is 26.0 Å². The Morgan fingerprint density at radius 2 is 2.00 bits per heavy atom. The van der Waals surface area contributed by atoms with E-state index >= 15 is 0 Å². The fourth-order valence-electron chi connectivity index (χ4n) is 1.25. The monoisotopic (exact) mass is 231 g/mol. The SMILES string of the molecule is CC[C@H](N)CCc1ccc(Cl)c(Cl)c1. The Morgan fingerprint density at radius 1 is 1.29 bits per heavy atom. The van der Waals surface area contributed by atoms with E-state index < -0.39 is 0 Å². The summed E-state index contributed by atoms with van der Waals surface area (Å²) in [7, 11) is 0. The summed E-state index contributed by atoms with van der Waals surface area (Å²) in [5.41, 5.74) is 7.03. The number of halogens is 2. The van der Waals surface area contributed by atoms with Crippen molar-refractivity contribution in [3.05, 3.63) is 33.8 Å². The van der Waals surface area contributed by atoms with Gasteiger partial charge >= 0.3 is 0 Å². The van der Waals surface area contributed by atoms with Crippen molar-refractivity contribution in [2.45, 2.75) is 32.2 Å². The lowest BCUT2D eigenvalue weighted by Crippen LogP contribution is -2.19. The molecule has 78 valence electrons. The van der Waals surface area contributed by atoms with Crippen LogP contribution in [0.4, 0.5) is 0 Å². The predicted molar refractivity (Wildman–Crippen MR) is 63.0 cm³/mol. The molecule has 1 rings (SSSR count). The van der Waals surface area contributed by atoms with E-state index in [1.807, 2.05) is 18.2 Å². The van der Waals surface area contributed by atoms with E-state index in [0.717, 1.165) is 19.3 Å². The molecular formula is C11H15Cl2N. The highest BCUT2D eigenvalue weighted by Crippen LogP contribution is 2.23. The average Bonchev–Trinajstić information content (AvgIpc) is 2.19. The molecule has 1 nitrogen and oxygen atoms in total. The highest BCUT2D eigenvalue weighted by molar-refractivity contribution is 6.42. The second kappa shape index (κ2) is 5.59. The van der Waals surface area contributed by atoms with Gasteiger partial charge in [-0.05, 0) is 37.0 Å². The van der Waals surface area contributed by atoms with Crippen LogP contribution in [0.15, 0.2) is 18.2 Å². The summed E-state index contributed by atoms with van der Waals surface area (Å²) in [4.78, 5) is 0. The van der Waals surface area contributed by atoms with Crippen molar-refractivity contribution in [2.75, 3.05) is 0 Å². The second-order valence-corrected chi connectivity index (χ2v) is 4.27. The van der Waals surface area contributed by atoms with Gasteiger partial charge < -0.3 is 5.73 Å². The standard InChI is InChI=1S/C11H15Cl2N/c1-2-9(14)5-3-8-4-6-10(12)11(13)7-8/h4,6-7,9H,2-3,5,14H2,1H3/t9-/m0/s1. The first-order valence-electron chi connectivity index (χ1n) is 4.83. The lowest BCUT2D eigenvalue weighted by atomic mass is 10.0. The quantitative estimate of drug-likeness (QED) is 0.842. The van der Waals surface area contributed by atoms with Gasteiger partial charge in [0.15, 0.2) is 0 Å². The lowest BCUT2D eigenvalue weighted by Gasteiger charge is -2.08. The summed E-state index contributed by atoms with van der Waals surface area (Å²) in [6.45, 7) is 2.10. The summed E-state index contributed by atoms with van der Waals surface area (Å²) in [6.07, 6.45) is 2.97. The van der Waals surface area contributed by atoms with Crippen LogP contribution in [-0.4, -0.2) is 6.04 Å². The van der Waals surface area contributed by atoms with Crippen LogP contribution in [0.25, 0.3) is 0 Å². The summed E-state index contributed by atoms with van der Waals surface area (Å²) < 4.78 is 0. The fraction of sp³-hybridized carbons (Fsp3) is 0.455. The molecule has 1 aromatic carbocycles. The van der Waals surface area contributed by atoms with Gasteiger partial charge in [-0.2, -0.15) is 0 Å². The third kappa shape index (κ3) is 3.49. The van der Waals surface area contributed by atoms with E-state index in [-0.39, 0.29) is 6.04 Å². The molecule has 0 radical (unpaired) electrons. The highest BCUT2D eigenvalue weighted by atomic mass is 35.5. The zero-order valence-electron chi connectivity index (χ0n) is 8.26. The van der Waals surface area contributed by atoms with Crippen LogP contribution >= 0.6 is 23.2 Å². The van der Waals surface area contributed by atoms with Gasteiger partial charge in [-0.25, -0.2) is 0 Å². The van der Waals surface area contributed by atoms with Gasteiger partial charge in [0.25, 0.3) is 0 Å². The first kappa shape index (κ1) is 11.8. The Morgan fingerprint density at radius 3 is 2.57 bits per heavy atom. The molecule has 0 fully saturated rings. The number of hydrogen-bond acceptors (Lipinski definition) is 1. The number of benzene rings is 1. The largest absolute Gasteiger partial charge is 0.328 e. The summed E-state index contributed by atoms with van der Waals surface area (Å²) in [6, 6.07) is 6.02. The Bertz CT molecular complexity index is 299. The van der Waals surface area contributed by atoms with Crippen molar-refractivity contribution in [3.63, 3.8) is 0 Å². The van der Waals surface area contributed by atoms with Gasteiger partial charge in [0, 0.05) is 6.04 Å². The maximum atomic E-state index is 5.90. The zero-order valence-corrected chi connectivity index (χ0v) is 9.78. The normalized spacial score (nSPS) is 12.9. The maximum absolute atomic E-state index is 5.90. The van der Waals surface area contributed by atoms with E-state index in [4.69, 9.17) is 28.9 Å². The minimum atomic E-state index is 0.282. The van der Waals surface area contributed by atoms with Crippen molar-refractivity contribution >= 4 is 23.2 Å². The van der Waals surface area contributed by atoms with Crippen LogP contribution in [0.2, 0.25) is 10.0 Å². The van der Waals surface area contributed by atoms with Gasteiger partial charge in [-0.3, -0.25) is 0 Å². The molecule has 0 heterocycles. The molecule has 0 saturated heterocycles. The maximum Gasteiger partial charge on any atom is 0.0595 e. The highest BCUT2D eigenvalue weighted by Gasteiger charge is 2.02. The van der Waals surface area contributed by atoms with Gasteiger partial charge in [-0.1, -0.05) is 36.2 Å². The Labute approximate surface area is 95.2 Å². The second-order valence-electron chi connectivity index (χ2n) is 3.46. The van der Waals surface area contributed by atoms with Crippen molar-refractivity contribution in [1.82, 2.24) is 0 Å². The fourth-order valence-corrected chi connectivity index (χ4v) is 1.57. The van der Waals surface area contributed by atoms with Gasteiger partial charge in [0.05, 0.1) is 10.0 Å². The number of aryl methyl sites for hydroxylation is 1. The third-order valence-corrected chi connectivity index (χ3v) is 3.05. The molecule has 0 spiro atoms. The van der Waals surface area contributed by atoms with Crippen LogP contribution in [0.1, 0.15) is 25.3 Å². The van der Waals surface area contributed by atoms with Crippen LogP contribution in [0.5, 0.6) is 0 Å². The average molecular weight is 232 g/mol. The van der Waals surface area contributed by atoms with Crippen LogP contribution in [-0.2, 0) is 6.42 Å². The van der Waals surface area contributed by atoms with Crippen molar-refractivity contribution in [2.24, 2.45) is 5.73 Å². The molecule has 3 heteroatoms. The number of nitrogens with two attached hydrogens (primary N) is 1. The van der Waals surface area contributed by atoms with E-state index in [2.05, 4.69) is 6.92 Å². The molecular weight excluding hydrogens is 217 g/mol. The predicted octanol–water partition coefficient (Wildman–Crippen LogP) is 3.66. The summed E-state index contributed by atoms with van der Waals surface area (Å²) in [5.74, 6) is 0. The molecule has 0 aromatic heterocycles. The van der Waals surface area contributed by atoms with Crippen LogP contribution in [0.3, 0.4) is 0 Å². The van der Waals surface area contributed by atoms with Crippen molar-refractivity contribution < 1.29 is 0 Å². The van der Waals surface area contributed by atoms with Crippen molar-refractivity contribution in [1.29, 1.82) is 0 Å². The minimum Gasteiger partial charge on any atom is -0.328 e. The van der Waals surface area contributed by atoms with E-state index in [1.54, 1.807) is 0 Å². The van der Waals surface area contributed by atoms with Crippen molar-refractivity contribution in [3.8, 4) is 0 Å². The van der Waals surface area contributed by atoms with E-state index in [0.29, 0.717) is 10.0 Å². The van der Waals surface area contributed by atoms with Gasteiger partial charge in [0.1, 0.15) is 0 Å². The summed E-state index contributed by atoms with van der Waals surface area (Å²) >= 11 is 11.7. The molecule has 14 heavy (non-hydrogen) atoms. The lowest BCUT2D eigenvalue weighted by molar-refractivity contribution is 0.596. The zero-order chi connectivity index (χ0) is 10.6. The molecule has 0 unspecified atom stereocenters. The van der Waals surface area contributed by atoms with Gasteiger partial charge in [-0.15, -0.1) is 0 Å². The first-order chi connectivity index (χ1) is 6.63. The first-order valence-corrected chi connectivity index (χ1v) is 5.58.